The average Bonchev–Trinajstić information content (AvgIpc) is 3.07. The molecule has 0 saturated heterocycles. The molecule has 1 aliphatic heterocycles. The molecule has 2 N–H and O–H groups in total. The van der Waals surface area contributed by atoms with Gasteiger partial charge in [-0.15, -0.1) is 0 Å². The Hall–Kier alpha value is -3.14. The molecule has 0 saturated carbocycles. The fourth-order valence-electron chi connectivity index (χ4n) is 3.20. The number of nitrogens with one attached hydrogen (secondary N) is 2. The molecule has 4 rings (SSSR count). The Morgan fingerprint density at radius 2 is 1.88 bits per heavy atom. The lowest BCUT2D eigenvalue weighted by Crippen LogP contribution is -2.03. The van der Waals surface area contributed by atoms with Crippen LogP contribution in [-0.4, -0.2) is 15.9 Å². The van der Waals surface area contributed by atoms with Crippen LogP contribution in [0.3, 0.4) is 0 Å². The fraction of sp³-hybridized carbons (Fsp3) is 0.100. The highest BCUT2D eigenvalue weighted by Crippen LogP contribution is 2.40. The van der Waals surface area contributed by atoms with Crippen LogP contribution in [0, 0.1) is 13.8 Å². The topological polar surface area (TPSA) is 57.8 Å². The van der Waals surface area contributed by atoms with Crippen LogP contribution in [0.4, 0.5) is 5.69 Å². The zero-order valence-electron chi connectivity index (χ0n) is 13.6. The highest BCUT2D eigenvalue weighted by molar-refractivity contribution is 6.36. The van der Waals surface area contributed by atoms with Crippen LogP contribution in [0.15, 0.2) is 48.8 Å². The van der Waals surface area contributed by atoms with Crippen molar-refractivity contribution in [2.75, 3.05) is 5.32 Å². The highest BCUT2D eigenvalue weighted by Gasteiger charge is 2.27. The minimum atomic E-state index is -0.0711. The van der Waals surface area contributed by atoms with E-state index >= 15 is 0 Å². The zero-order valence-corrected chi connectivity index (χ0v) is 13.6. The van der Waals surface area contributed by atoms with Crippen molar-refractivity contribution in [1.29, 1.82) is 0 Å². The number of fused-ring (bicyclic) bond motifs is 1. The maximum absolute atomic E-state index is 12.5. The van der Waals surface area contributed by atoms with Gasteiger partial charge in [0.05, 0.1) is 5.57 Å². The van der Waals surface area contributed by atoms with Crippen molar-refractivity contribution in [3.63, 3.8) is 0 Å². The molecule has 0 bridgehead atoms. The number of carbonyl (C=O) groups is 1. The maximum Gasteiger partial charge on any atom is 0.256 e. The van der Waals surface area contributed by atoms with Crippen molar-refractivity contribution in [3.8, 4) is 11.1 Å². The van der Waals surface area contributed by atoms with Gasteiger partial charge in [-0.2, -0.15) is 0 Å². The number of pyridine rings is 1. The van der Waals surface area contributed by atoms with Crippen molar-refractivity contribution in [1.82, 2.24) is 9.97 Å². The van der Waals surface area contributed by atoms with Crippen molar-refractivity contribution in [2.45, 2.75) is 13.8 Å². The van der Waals surface area contributed by atoms with Crippen LogP contribution in [0.2, 0.25) is 0 Å². The molecule has 2 aromatic heterocycles. The van der Waals surface area contributed by atoms with E-state index in [2.05, 4.69) is 21.4 Å². The van der Waals surface area contributed by atoms with Gasteiger partial charge in [0.25, 0.3) is 5.91 Å². The van der Waals surface area contributed by atoms with E-state index in [1.54, 1.807) is 12.4 Å². The van der Waals surface area contributed by atoms with E-state index in [4.69, 9.17) is 0 Å². The van der Waals surface area contributed by atoms with Crippen molar-refractivity contribution in [2.24, 2.45) is 0 Å². The molecule has 1 amide bonds. The standard InChI is InChI=1S/C20H17N3O/c1-12-10-13(2)22-18(12)11-16-19-15(14-6-8-21-9-7-14)4-3-5-17(19)23-20(16)24/h3-11,22H,1-2H3,(H,23,24)/b16-11-. The molecule has 3 heterocycles. The van der Waals surface area contributed by atoms with Gasteiger partial charge in [-0.1, -0.05) is 12.1 Å². The predicted molar refractivity (Wildman–Crippen MR) is 96.4 cm³/mol. The molecule has 0 aliphatic carbocycles. The number of aromatic amines is 1. The number of rotatable bonds is 2. The molecule has 0 radical (unpaired) electrons. The number of hydrogen-bond acceptors (Lipinski definition) is 2. The molecule has 0 atom stereocenters. The Kier molecular flexibility index (Phi) is 3.31. The fourth-order valence-corrected chi connectivity index (χ4v) is 3.20. The van der Waals surface area contributed by atoms with Crippen LogP contribution in [0.1, 0.15) is 22.5 Å². The molecule has 4 heteroatoms. The van der Waals surface area contributed by atoms with E-state index in [0.717, 1.165) is 39.3 Å². The van der Waals surface area contributed by atoms with Gasteiger partial charge in [-0.3, -0.25) is 9.78 Å². The normalized spacial score (nSPS) is 14.8. The summed E-state index contributed by atoms with van der Waals surface area (Å²) in [5.41, 5.74) is 7.73. The first kappa shape index (κ1) is 14.5. The molecule has 0 spiro atoms. The van der Waals surface area contributed by atoms with Gasteiger partial charge in [0.2, 0.25) is 0 Å². The minimum absolute atomic E-state index is 0.0711. The summed E-state index contributed by atoms with van der Waals surface area (Å²) in [6, 6.07) is 11.9. The number of hydrogen-bond donors (Lipinski definition) is 2. The van der Waals surface area contributed by atoms with E-state index in [0.29, 0.717) is 5.57 Å². The number of amides is 1. The third-order valence-electron chi connectivity index (χ3n) is 4.30. The van der Waals surface area contributed by atoms with Crippen LogP contribution >= 0.6 is 0 Å². The quantitative estimate of drug-likeness (QED) is 0.697. The summed E-state index contributed by atoms with van der Waals surface area (Å²) in [5.74, 6) is -0.0711. The van der Waals surface area contributed by atoms with Crippen LogP contribution in [0.25, 0.3) is 22.8 Å². The second kappa shape index (κ2) is 5.49. The van der Waals surface area contributed by atoms with Gasteiger partial charge in [0, 0.05) is 35.0 Å². The largest absolute Gasteiger partial charge is 0.359 e. The van der Waals surface area contributed by atoms with E-state index in [9.17, 15) is 4.79 Å². The predicted octanol–water partition coefficient (Wildman–Crippen LogP) is 4.19. The second-order valence-corrected chi connectivity index (χ2v) is 6.03. The number of carbonyl (C=O) groups excluding carboxylic acids is 1. The molecular formula is C20H17N3O. The summed E-state index contributed by atoms with van der Waals surface area (Å²) in [4.78, 5) is 19.9. The van der Waals surface area contributed by atoms with E-state index in [1.165, 1.54) is 0 Å². The third-order valence-corrected chi connectivity index (χ3v) is 4.30. The lowest BCUT2D eigenvalue weighted by atomic mass is 9.95. The molecule has 1 aliphatic rings. The molecule has 118 valence electrons. The third kappa shape index (κ3) is 2.33. The molecular weight excluding hydrogens is 298 g/mol. The monoisotopic (exact) mass is 315 g/mol. The first-order valence-corrected chi connectivity index (χ1v) is 7.86. The van der Waals surface area contributed by atoms with E-state index < -0.39 is 0 Å². The number of aromatic nitrogens is 2. The summed E-state index contributed by atoms with van der Waals surface area (Å²) >= 11 is 0. The maximum atomic E-state index is 12.5. The van der Waals surface area contributed by atoms with Gasteiger partial charge in [-0.25, -0.2) is 0 Å². The molecule has 0 fully saturated rings. The number of anilines is 1. The second-order valence-electron chi connectivity index (χ2n) is 6.03. The Balaban J connectivity index is 1.92. The van der Waals surface area contributed by atoms with Crippen molar-refractivity contribution < 1.29 is 4.79 Å². The van der Waals surface area contributed by atoms with E-state index in [1.807, 2.05) is 50.3 Å². The molecule has 4 nitrogen and oxygen atoms in total. The lowest BCUT2D eigenvalue weighted by molar-refractivity contribution is -0.110. The van der Waals surface area contributed by atoms with Crippen LogP contribution in [-0.2, 0) is 4.79 Å². The first-order valence-electron chi connectivity index (χ1n) is 7.86. The molecule has 0 unspecified atom stereocenters. The summed E-state index contributed by atoms with van der Waals surface area (Å²) < 4.78 is 0. The van der Waals surface area contributed by atoms with Gasteiger partial charge in [-0.05, 0) is 60.9 Å². The first-order chi connectivity index (χ1) is 11.6. The van der Waals surface area contributed by atoms with Crippen molar-refractivity contribution >= 4 is 23.2 Å². The Morgan fingerprint density at radius 1 is 1.08 bits per heavy atom. The van der Waals surface area contributed by atoms with Crippen molar-refractivity contribution in [3.05, 3.63) is 71.3 Å². The SMILES string of the molecule is Cc1cc(C)c(/C=C2\C(=O)Nc3cccc(-c4ccncc4)c32)[nH]1. The average molecular weight is 315 g/mol. The summed E-state index contributed by atoms with van der Waals surface area (Å²) in [5, 5.41) is 2.97. The summed E-state index contributed by atoms with van der Waals surface area (Å²) in [7, 11) is 0. The minimum Gasteiger partial charge on any atom is -0.359 e. The lowest BCUT2D eigenvalue weighted by Gasteiger charge is -2.08. The van der Waals surface area contributed by atoms with E-state index in [-0.39, 0.29) is 5.91 Å². The Bertz CT molecular complexity index is 968. The Morgan fingerprint density at radius 3 is 2.58 bits per heavy atom. The number of benzene rings is 1. The van der Waals surface area contributed by atoms with Crippen LogP contribution in [0.5, 0.6) is 0 Å². The van der Waals surface area contributed by atoms with Gasteiger partial charge in [0.15, 0.2) is 0 Å². The number of nitrogens with zero attached hydrogens (tertiary/aromatic N) is 1. The van der Waals surface area contributed by atoms with Gasteiger partial charge in [0.1, 0.15) is 0 Å². The highest BCUT2D eigenvalue weighted by atomic mass is 16.2. The molecule has 1 aromatic carbocycles. The smallest absolute Gasteiger partial charge is 0.256 e. The van der Waals surface area contributed by atoms with Gasteiger partial charge < -0.3 is 10.3 Å². The zero-order chi connectivity index (χ0) is 16.7. The summed E-state index contributed by atoms with van der Waals surface area (Å²) in [6.07, 6.45) is 5.47. The molecule has 24 heavy (non-hydrogen) atoms. The summed E-state index contributed by atoms with van der Waals surface area (Å²) in [6.45, 7) is 4.05. The number of aryl methyl sites for hydroxylation is 2. The van der Waals surface area contributed by atoms with Gasteiger partial charge >= 0.3 is 0 Å². The van der Waals surface area contributed by atoms with Crippen LogP contribution < -0.4 is 5.32 Å². The Labute approximate surface area is 140 Å². The molecule has 3 aromatic rings. The number of H-pyrrole nitrogens is 1.